The summed E-state index contributed by atoms with van der Waals surface area (Å²) < 4.78 is 6.04. The van der Waals surface area contributed by atoms with E-state index in [1.54, 1.807) is 18.2 Å². The van der Waals surface area contributed by atoms with Crippen molar-refractivity contribution < 1.29 is 19.7 Å². The number of nitriles is 1. The van der Waals surface area contributed by atoms with Crippen molar-refractivity contribution in [1.29, 1.82) is 5.26 Å². The van der Waals surface area contributed by atoms with E-state index in [1.165, 1.54) is 0 Å². The van der Waals surface area contributed by atoms with Crippen molar-refractivity contribution in [3.63, 3.8) is 0 Å². The van der Waals surface area contributed by atoms with Crippen LogP contribution in [0.5, 0.6) is 5.75 Å². The smallest absolute Gasteiger partial charge is 0.251 e. The molecule has 8 heteroatoms. The number of ether oxygens (including phenoxy) is 1. The zero-order valence-electron chi connectivity index (χ0n) is 22.6. The minimum atomic E-state index is -1.05. The number of hydrogen-bond donors (Lipinski definition) is 4. The van der Waals surface area contributed by atoms with Crippen LogP contribution in [-0.4, -0.2) is 46.5 Å². The first-order valence-electron chi connectivity index (χ1n) is 14.0. The predicted molar refractivity (Wildman–Crippen MR) is 151 cm³/mol. The molecule has 0 heterocycles. The van der Waals surface area contributed by atoms with Gasteiger partial charge in [0.25, 0.3) is 5.91 Å². The number of amides is 1. The van der Waals surface area contributed by atoms with Gasteiger partial charge in [-0.05, 0) is 98.6 Å². The number of rotatable bonds is 8. The van der Waals surface area contributed by atoms with Crippen LogP contribution in [0.4, 0.5) is 5.69 Å². The highest BCUT2D eigenvalue weighted by Crippen LogP contribution is 2.63. The van der Waals surface area contributed by atoms with Gasteiger partial charge in [-0.15, -0.1) is 0 Å². The van der Waals surface area contributed by atoms with Gasteiger partial charge in [-0.25, -0.2) is 0 Å². The summed E-state index contributed by atoms with van der Waals surface area (Å²) in [6, 6.07) is 14.6. The van der Waals surface area contributed by atoms with E-state index < -0.39 is 11.7 Å². The SMILES string of the molecule is CC1(C)[C@@H]2C[C@H]1[C@](O)(CCNc1ccc(C(=O)NC3CCC(Oc4ccc(C#N)c(Cl)c4)CC3)cc1)[C@@H](O)C2. The van der Waals surface area contributed by atoms with Crippen molar-refractivity contribution in [3.8, 4) is 11.8 Å². The van der Waals surface area contributed by atoms with Crippen LogP contribution in [0.15, 0.2) is 42.5 Å². The van der Waals surface area contributed by atoms with Gasteiger partial charge in [0.2, 0.25) is 0 Å². The lowest BCUT2D eigenvalue weighted by molar-refractivity contribution is -0.254. The molecule has 6 rings (SSSR count). The average molecular weight is 552 g/mol. The molecule has 0 aliphatic heterocycles. The van der Waals surface area contributed by atoms with Crippen LogP contribution in [-0.2, 0) is 0 Å². The standard InChI is InChI=1S/C31H38ClN3O4/c1-30(2)21-15-27(30)31(38,28(36)16-21)13-14-34-22-6-3-19(4-7-22)29(37)35-23-8-11-24(12-9-23)39-25-10-5-20(18-33)26(32)17-25/h3-7,10,17,21,23-24,27-28,34,36,38H,8-9,11-16H2,1-2H3,(H,35,37)/t21-,23?,24?,27-,28+,31-/m1/s1. The molecule has 4 N–H and O–H groups in total. The normalized spacial score (nSPS) is 30.9. The Labute approximate surface area is 235 Å². The lowest BCUT2D eigenvalue weighted by Gasteiger charge is -2.65. The maximum absolute atomic E-state index is 12.8. The Morgan fingerprint density at radius 2 is 1.85 bits per heavy atom. The highest BCUT2D eigenvalue weighted by Gasteiger charge is 2.64. The van der Waals surface area contributed by atoms with Gasteiger partial charge in [0, 0.05) is 29.9 Å². The Kier molecular flexibility index (Phi) is 7.83. The molecule has 2 bridgehead atoms. The minimum Gasteiger partial charge on any atom is -0.490 e. The van der Waals surface area contributed by atoms with Crippen LogP contribution < -0.4 is 15.4 Å². The Morgan fingerprint density at radius 1 is 1.13 bits per heavy atom. The lowest BCUT2D eigenvalue weighted by Crippen LogP contribution is -2.68. The summed E-state index contributed by atoms with van der Waals surface area (Å²) in [7, 11) is 0. The molecular weight excluding hydrogens is 514 g/mol. The summed E-state index contributed by atoms with van der Waals surface area (Å²) in [5, 5.41) is 37.7. The molecule has 1 amide bonds. The number of carbonyl (C=O) groups excluding carboxylic acids is 1. The van der Waals surface area contributed by atoms with Crippen LogP contribution in [0, 0.1) is 28.6 Å². The number of aliphatic hydroxyl groups excluding tert-OH is 1. The summed E-state index contributed by atoms with van der Waals surface area (Å²) in [6.07, 6.45) is 4.84. The van der Waals surface area contributed by atoms with Crippen molar-refractivity contribution in [2.45, 2.75) is 82.6 Å². The molecule has 4 atom stereocenters. The van der Waals surface area contributed by atoms with Gasteiger partial charge < -0.3 is 25.6 Å². The van der Waals surface area contributed by atoms with Gasteiger partial charge in [-0.2, -0.15) is 5.26 Å². The van der Waals surface area contributed by atoms with E-state index in [-0.39, 0.29) is 29.4 Å². The number of hydrogen-bond acceptors (Lipinski definition) is 6. The molecule has 2 aromatic rings. The van der Waals surface area contributed by atoms with E-state index >= 15 is 0 Å². The zero-order chi connectivity index (χ0) is 27.8. The van der Waals surface area contributed by atoms with Crippen LogP contribution in [0.1, 0.15) is 74.7 Å². The number of aliphatic hydroxyl groups is 2. The minimum absolute atomic E-state index is 0.0529. The van der Waals surface area contributed by atoms with Crippen LogP contribution >= 0.6 is 11.6 Å². The molecule has 39 heavy (non-hydrogen) atoms. The molecule has 0 spiro atoms. The van der Waals surface area contributed by atoms with Gasteiger partial charge in [0.15, 0.2) is 0 Å². The molecule has 4 aliphatic carbocycles. The highest BCUT2D eigenvalue weighted by molar-refractivity contribution is 6.31. The Morgan fingerprint density at radius 3 is 2.49 bits per heavy atom. The van der Waals surface area contributed by atoms with Crippen molar-refractivity contribution >= 4 is 23.2 Å². The maximum atomic E-state index is 12.8. The summed E-state index contributed by atoms with van der Waals surface area (Å²) in [4.78, 5) is 12.8. The highest BCUT2D eigenvalue weighted by atomic mass is 35.5. The molecule has 0 unspecified atom stereocenters. The fourth-order valence-electron chi connectivity index (χ4n) is 6.90. The van der Waals surface area contributed by atoms with Crippen molar-refractivity contribution in [1.82, 2.24) is 5.32 Å². The van der Waals surface area contributed by atoms with Crippen molar-refractivity contribution in [2.24, 2.45) is 17.3 Å². The number of nitrogens with one attached hydrogen (secondary N) is 2. The number of anilines is 1. The third-order valence-corrected chi connectivity index (χ3v) is 9.85. The molecule has 208 valence electrons. The Bertz CT molecular complexity index is 1240. The number of nitrogens with zero attached hydrogens (tertiary/aromatic N) is 1. The van der Waals surface area contributed by atoms with Gasteiger partial charge in [0.1, 0.15) is 11.8 Å². The Balaban J connectivity index is 1.06. The van der Waals surface area contributed by atoms with Gasteiger partial charge in [-0.1, -0.05) is 25.4 Å². The molecule has 4 aliphatic rings. The summed E-state index contributed by atoms with van der Waals surface area (Å²) in [5.74, 6) is 1.19. The fourth-order valence-corrected chi connectivity index (χ4v) is 7.12. The second-order valence-electron chi connectivity index (χ2n) is 12.1. The largest absolute Gasteiger partial charge is 0.490 e. The lowest BCUT2D eigenvalue weighted by atomic mass is 9.43. The van der Waals surface area contributed by atoms with E-state index in [4.69, 9.17) is 21.6 Å². The van der Waals surface area contributed by atoms with Gasteiger partial charge >= 0.3 is 0 Å². The third-order valence-electron chi connectivity index (χ3n) is 9.53. The first-order valence-corrected chi connectivity index (χ1v) is 14.4. The van der Waals surface area contributed by atoms with E-state index in [9.17, 15) is 15.0 Å². The average Bonchev–Trinajstić information content (AvgIpc) is 2.91. The molecule has 7 nitrogen and oxygen atoms in total. The third kappa shape index (κ3) is 5.61. The molecule has 4 fully saturated rings. The van der Waals surface area contributed by atoms with Gasteiger partial charge in [0.05, 0.1) is 28.4 Å². The number of halogens is 1. The van der Waals surface area contributed by atoms with E-state index in [0.29, 0.717) is 47.2 Å². The monoisotopic (exact) mass is 551 g/mol. The Hall–Kier alpha value is -2.79. The van der Waals surface area contributed by atoms with Crippen molar-refractivity contribution in [2.75, 3.05) is 11.9 Å². The molecular formula is C31H38ClN3O4. The molecule has 0 aromatic heterocycles. The number of carbonyl (C=O) groups is 1. The topological polar surface area (TPSA) is 115 Å². The number of fused-ring (bicyclic) bond motifs is 2. The van der Waals surface area contributed by atoms with Crippen molar-refractivity contribution in [3.05, 3.63) is 58.6 Å². The fraction of sp³-hybridized carbons (Fsp3) is 0.548. The predicted octanol–water partition coefficient (Wildman–Crippen LogP) is 5.29. The summed E-state index contributed by atoms with van der Waals surface area (Å²) >= 11 is 6.11. The quantitative estimate of drug-likeness (QED) is 0.354. The number of benzene rings is 2. The van der Waals surface area contributed by atoms with Gasteiger partial charge in [-0.3, -0.25) is 4.79 Å². The van der Waals surface area contributed by atoms with E-state index in [2.05, 4.69) is 24.5 Å². The van der Waals surface area contributed by atoms with Crippen LogP contribution in [0.25, 0.3) is 0 Å². The second-order valence-corrected chi connectivity index (χ2v) is 12.5. The zero-order valence-corrected chi connectivity index (χ0v) is 23.4. The molecule has 0 radical (unpaired) electrons. The van der Waals surface area contributed by atoms with Crippen LogP contribution in [0.2, 0.25) is 5.02 Å². The summed E-state index contributed by atoms with van der Waals surface area (Å²) in [5.41, 5.74) is 0.942. The van der Waals surface area contributed by atoms with E-state index in [0.717, 1.165) is 37.8 Å². The molecule has 0 saturated heterocycles. The summed E-state index contributed by atoms with van der Waals surface area (Å²) in [6.45, 7) is 4.96. The first kappa shape index (κ1) is 27.8. The van der Waals surface area contributed by atoms with Crippen LogP contribution in [0.3, 0.4) is 0 Å². The molecule has 4 saturated carbocycles. The van der Waals surface area contributed by atoms with E-state index in [1.807, 2.05) is 30.3 Å². The molecule has 2 aromatic carbocycles. The maximum Gasteiger partial charge on any atom is 0.251 e. The second kappa shape index (κ2) is 11.0. The first-order chi connectivity index (χ1) is 18.6.